The van der Waals surface area contributed by atoms with E-state index in [9.17, 15) is 9.59 Å². The lowest BCUT2D eigenvalue weighted by molar-refractivity contribution is -0.123. The third kappa shape index (κ3) is 3.98. The van der Waals surface area contributed by atoms with Crippen molar-refractivity contribution in [3.63, 3.8) is 0 Å². The topological polar surface area (TPSA) is 50.5 Å². The Morgan fingerprint density at radius 2 is 1.71 bits per heavy atom. The summed E-state index contributed by atoms with van der Waals surface area (Å²) >= 11 is 4.35. The van der Waals surface area contributed by atoms with E-state index in [1.807, 2.05) is 61.5 Å². The van der Waals surface area contributed by atoms with Crippen LogP contribution >= 0.6 is 27.7 Å². The number of rotatable bonds is 4. The standard InChI is InChI=1S/C22H16BrNO3S/c1-14-2-4-15(5-3-14)13-24-21(25)20(28-22(24)26)12-18-10-11-19(27-18)16-6-8-17(23)9-7-16/h2-12H,13H2,1H3/b20-12-. The molecule has 1 aliphatic rings. The minimum absolute atomic E-state index is 0.267. The fourth-order valence-corrected chi connectivity index (χ4v) is 3.92. The maximum atomic E-state index is 12.7. The molecule has 0 radical (unpaired) electrons. The van der Waals surface area contributed by atoms with Crippen molar-refractivity contribution in [3.05, 3.63) is 86.9 Å². The van der Waals surface area contributed by atoms with Gasteiger partial charge in [-0.05, 0) is 48.5 Å². The third-order valence-corrected chi connectivity index (χ3v) is 5.80. The van der Waals surface area contributed by atoms with Crippen LogP contribution in [0.5, 0.6) is 0 Å². The molecule has 3 aromatic rings. The molecule has 1 fully saturated rings. The number of amides is 2. The monoisotopic (exact) mass is 453 g/mol. The molecule has 6 heteroatoms. The third-order valence-electron chi connectivity index (χ3n) is 4.36. The molecule has 1 saturated heterocycles. The van der Waals surface area contributed by atoms with Gasteiger partial charge in [0, 0.05) is 16.1 Å². The van der Waals surface area contributed by atoms with Gasteiger partial charge in [-0.15, -0.1) is 0 Å². The molecule has 0 spiro atoms. The number of furan rings is 1. The van der Waals surface area contributed by atoms with Crippen molar-refractivity contribution >= 4 is 44.9 Å². The summed E-state index contributed by atoms with van der Waals surface area (Å²) in [7, 11) is 0. The Kier molecular flexibility index (Phi) is 5.24. The maximum absolute atomic E-state index is 12.7. The van der Waals surface area contributed by atoms with Crippen molar-refractivity contribution in [1.29, 1.82) is 0 Å². The van der Waals surface area contributed by atoms with Crippen molar-refractivity contribution in [2.75, 3.05) is 0 Å². The van der Waals surface area contributed by atoms with Gasteiger partial charge in [-0.2, -0.15) is 0 Å². The van der Waals surface area contributed by atoms with E-state index in [4.69, 9.17) is 4.42 Å². The highest BCUT2D eigenvalue weighted by atomic mass is 79.9. The highest BCUT2D eigenvalue weighted by Crippen LogP contribution is 2.34. The van der Waals surface area contributed by atoms with Crippen LogP contribution in [0.3, 0.4) is 0 Å². The molecule has 0 unspecified atom stereocenters. The van der Waals surface area contributed by atoms with E-state index in [-0.39, 0.29) is 17.7 Å². The number of nitrogens with zero attached hydrogens (tertiary/aromatic N) is 1. The molecule has 1 aliphatic heterocycles. The maximum Gasteiger partial charge on any atom is 0.293 e. The molecule has 140 valence electrons. The first-order chi connectivity index (χ1) is 13.5. The van der Waals surface area contributed by atoms with Crippen LogP contribution in [0, 0.1) is 6.92 Å². The zero-order valence-corrected chi connectivity index (χ0v) is 17.4. The average Bonchev–Trinajstić information content (AvgIpc) is 3.24. The van der Waals surface area contributed by atoms with Crippen LogP contribution in [0.25, 0.3) is 17.4 Å². The summed E-state index contributed by atoms with van der Waals surface area (Å²) in [6.45, 7) is 2.27. The van der Waals surface area contributed by atoms with E-state index in [2.05, 4.69) is 15.9 Å². The lowest BCUT2D eigenvalue weighted by atomic mass is 10.1. The van der Waals surface area contributed by atoms with Gasteiger partial charge in [0.25, 0.3) is 11.1 Å². The summed E-state index contributed by atoms with van der Waals surface area (Å²) < 4.78 is 6.83. The van der Waals surface area contributed by atoms with Gasteiger partial charge in [-0.3, -0.25) is 14.5 Å². The molecule has 28 heavy (non-hydrogen) atoms. The first-order valence-corrected chi connectivity index (χ1v) is 10.3. The van der Waals surface area contributed by atoms with Gasteiger partial charge in [0.05, 0.1) is 11.4 Å². The van der Waals surface area contributed by atoms with Gasteiger partial charge in [-0.25, -0.2) is 0 Å². The molecule has 0 saturated carbocycles. The number of carbonyl (C=O) groups excluding carboxylic acids is 2. The van der Waals surface area contributed by atoms with Crippen LogP contribution in [0.15, 0.2) is 74.5 Å². The van der Waals surface area contributed by atoms with E-state index >= 15 is 0 Å². The zero-order valence-electron chi connectivity index (χ0n) is 15.0. The Morgan fingerprint density at radius 1 is 1.00 bits per heavy atom. The zero-order chi connectivity index (χ0) is 19.7. The normalized spacial score (nSPS) is 15.6. The van der Waals surface area contributed by atoms with Gasteiger partial charge in [-0.1, -0.05) is 57.9 Å². The molecular weight excluding hydrogens is 438 g/mol. The molecule has 4 nitrogen and oxygen atoms in total. The average molecular weight is 454 g/mol. The van der Waals surface area contributed by atoms with Gasteiger partial charge in [0.15, 0.2) is 0 Å². The predicted octanol–water partition coefficient (Wildman–Crippen LogP) is 6.25. The summed E-state index contributed by atoms with van der Waals surface area (Å²) in [4.78, 5) is 26.6. The van der Waals surface area contributed by atoms with Gasteiger partial charge < -0.3 is 4.42 Å². The van der Waals surface area contributed by atoms with E-state index in [1.165, 1.54) is 4.90 Å². The SMILES string of the molecule is Cc1ccc(CN2C(=O)S/C(=C\c3ccc(-c4ccc(Br)cc4)o3)C2=O)cc1. The Balaban J connectivity index is 1.52. The van der Waals surface area contributed by atoms with E-state index in [0.29, 0.717) is 16.4 Å². The number of imide groups is 1. The smallest absolute Gasteiger partial charge is 0.293 e. The lowest BCUT2D eigenvalue weighted by Gasteiger charge is -2.12. The van der Waals surface area contributed by atoms with Crippen molar-refractivity contribution in [1.82, 2.24) is 4.90 Å². The number of halogens is 1. The highest BCUT2D eigenvalue weighted by molar-refractivity contribution is 9.10. The second-order valence-electron chi connectivity index (χ2n) is 6.46. The van der Waals surface area contributed by atoms with Gasteiger partial charge in [0.2, 0.25) is 0 Å². The minimum atomic E-state index is -0.294. The predicted molar refractivity (Wildman–Crippen MR) is 115 cm³/mol. The van der Waals surface area contributed by atoms with Crippen LogP contribution in [-0.4, -0.2) is 16.0 Å². The largest absolute Gasteiger partial charge is 0.457 e. The number of hydrogen-bond acceptors (Lipinski definition) is 4. The van der Waals surface area contributed by atoms with Crippen molar-refractivity contribution in [2.45, 2.75) is 13.5 Å². The van der Waals surface area contributed by atoms with Crippen molar-refractivity contribution in [2.24, 2.45) is 0 Å². The molecule has 1 aromatic heterocycles. The highest BCUT2D eigenvalue weighted by Gasteiger charge is 2.35. The molecule has 0 aliphatic carbocycles. The second kappa shape index (κ2) is 7.81. The molecular formula is C22H16BrNO3S. The molecule has 2 heterocycles. The second-order valence-corrected chi connectivity index (χ2v) is 8.37. The van der Waals surface area contributed by atoms with Crippen molar-refractivity contribution < 1.29 is 14.0 Å². The summed E-state index contributed by atoms with van der Waals surface area (Å²) in [5.41, 5.74) is 3.00. The number of thioether (sulfide) groups is 1. The Hall–Kier alpha value is -2.57. The van der Waals surface area contributed by atoms with Gasteiger partial charge in [0.1, 0.15) is 11.5 Å². The summed E-state index contributed by atoms with van der Waals surface area (Å²) in [5, 5.41) is -0.267. The van der Waals surface area contributed by atoms with Crippen LogP contribution in [0.1, 0.15) is 16.9 Å². The fourth-order valence-electron chi connectivity index (χ4n) is 2.84. The quantitative estimate of drug-likeness (QED) is 0.437. The Bertz CT molecular complexity index is 1070. The molecule has 0 bridgehead atoms. The number of hydrogen-bond donors (Lipinski definition) is 0. The number of carbonyl (C=O) groups is 2. The van der Waals surface area contributed by atoms with E-state index in [1.54, 1.807) is 12.1 Å². The Labute approximate surface area is 175 Å². The molecule has 4 rings (SSSR count). The van der Waals surface area contributed by atoms with Crippen molar-refractivity contribution in [3.8, 4) is 11.3 Å². The van der Waals surface area contributed by atoms with Crippen LogP contribution < -0.4 is 0 Å². The molecule has 2 aromatic carbocycles. The first-order valence-electron chi connectivity index (χ1n) is 8.66. The number of aryl methyl sites for hydroxylation is 1. The van der Waals surface area contributed by atoms with E-state index in [0.717, 1.165) is 32.9 Å². The van der Waals surface area contributed by atoms with Crippen LogP contribution in [0.4, 0.5) is 4.79 Å². The number of benzene rings is 2. The van der Waals surface area contributed by atoms with Gasteiger partial charge >= 0.3 is 0 Å². The summed E-state index contributed by atoms with van der Waals surface area (Å²) in [6, 6.07) is 19.2. The van der Waals surface area contributed by atoms with E-state index < -0.39 is 0 Å². The van der Waals surface area contributed by atoms with Crippen LogP contribution in [0.2, 0.25) is 0 Å². The molecule has 0 N–H and O–H groups in total. The molecule has 0 atom stereocenters. The molecule has 2 amide bonds. The fraction of sp³-hybridized carbons (Fsp3) is 0.0909. The summed E-state index contributed by atoms with van der Waals surface area (Å²) in [5.74, 6) is 0.952. The Morgan fingerprint density at radius 3 is 2.43 bits per heavy atom. The summed E-state index contributed by atoms with van der Waals surface area (Å²) in [6.07, 6.45) is 1.63. The first kappa shape index (κ1) is 18.8. The minimum Gasteiger partial charge on any atom is -0.457 e. The lowest BCUT2D eigenvalue weighted by Crippen LogP contribution is -2.27. The van der Waals surface area contributed by atoms with Crippen LogP contribution in [-0.2, 0) is 11.3 Å².